The van der Waals surface area contributed by atoms with Crippen LogP contribution >= 0.6 is 0 Å². The Kier molecular flexibility index (Phi) is 5.77. The molecule has 2 rings (SSSR count). The molecular formula is C16H23N3O3. The first-order valence-electron chi connectivity index (χ1n) is 7.64. The summed E-state index contributed by atoms with van der Waals surface area (Å²) in [7, 11) is 0. The van der Waals surface area contributed by atoms with Gasteiger partial charge in [0.25, 0.3) is 0 Å². The molecule has 1 aliphatic heterocycles. The molecule has 1 aliphatic rings. The summed E-state index contributed by atoms with van der Waals surface area (Å²) >= 11 is 0. The summed E-state index contributed by atoms with van der Waals surface area (Å²) in [5.41, 5.74) is 6.89. The molecule has 120 valence electrons. The van der Waals surface area contributed by atoms with Crippen LogP contribution in [0.4, 0.5) is 10.5 Å². The van der Waals surface area contributed by atoms with Crippen LogP contribution in [0.3, 0.4) is 0 Å². The van der Waals surface area contributed by atoms with Crippen molar-refractivity contribution in [1.29, 1.82) is 0 Å². The maximum absolute atomic E-state index is 12.1. The first kappa shape index (κ1) is 16.3. The number of carbonyl (C=O) groups excluding carboxylic acids is 2. The van der Waals surface area contributed by atoms with E-state index in [0.29, 0.717) is 30.9 Å². The van der Waals surface area contributed by atoms with Gasteiger partial charge in [0.2, 0.25) is 0 Å². The van der Waals surface area contributed by atoms with E-state index in [1.807, 2.05) is 0 Å². The highest BCUT2D eigenvalue weighted by atomic mass is 16.6. The minimum absolute atomic E-state index is 0.0279. The Morgan fingerprint density at radius 1 is 1.36 bits per heavy atom. The van der Waals surface area contributed by atoms with Crippen LogP contribution in [0.15, 0.2) is 24.3 Å². The van der Waals surface area contributed by atoms with E-state index < -0.39 is 0 Å². The number of benzene rings is 1. The summed E-state index contributed by atoms with van der Waals surface area (Å²) in [6.07, 6.45) is 1.39. The molecular weight excluding hydrogens is 282 g/mol. The van der Waals surface area contributed by atoms with Crippen LogP contribution in [0.1, 0.15) is 30.1 Å². The number of likely N-dealkylation sites (tertiary alicyclic amines) is 1. The van der Waals surface area contributed by atoms with Gasteiger partial charge in [-0.3, -0.25) is 4.79 Å². The van der Waals surface area contributed by atoms with Crippen molar-refractivity contribution in [2.45, 2.75) is 25.8 Å². The third kappa shape index (κ3) is 4.46. The van der Waals surface area contributed by atoms with Crippen LogP contribution in [0.5, 0.6) is 0 Å². The van der Waals surface area contributed by atoms with E-state index in [-0.39, 0.29) is 24.5 Å². The topological polar surface area (TPSA) is 84.7 Å². The van der Waals surface area contributed by atoms with E-state index in [2.05, 4.69) is 5.32 Å². The minimum atomic E-state index is -0.253. The van der Waals surface area contributed by atoms with E-state index in [1.54, 1.807) is 36.1 Å². The van der Waals surface area contributed by atoms with Gasteiger partial charge in [0.15, 0.2) is 5.78 Å². The fourth-order valence-corrected chi connectivity index (χ4v) is 2.53. The Morgan fingerprint density at radius 3 is 2.73 bits per heavy atom. The first-order valence-corrected chi connectivity index (χ1v) is 7.64. The van der Waals surface area contributed by atoms with Crippen molar-refractivity contribution in [2.24, 2.45) is 0 Å². The van der Waals surface area contributed by atoms with Crippen molar-refractivity contribution in [1.82, 2.24) is 10.2 Å². The molecule has 6 heteroatoms. The third-order valence-corrected chi connectivity index (χ3v) is 3.78. The lowest BCUT2D eigenvalue weighted by Crippen LogP contribution is -2.46. The molecule has 1 fully saturated rings. The first-order chi connectivity index (χ1) is 10.6. The lowest BCUT2D eigenvalue weighted by molar-refractivity contribution is 0.0914. The number of nitrogen functional groups attached to an aromatic ring is 1. The van der Waals surface area contributed by atoms with Crippen molar-refractivity contribution in [3.8, 4) is 0 Å². The number of nitrogens with zero attached hydrogens (tertiary/aromatic N) is 1. The molecule has 0 spiro atoms. The Labute approximate surface area is 130 Å². The lowest BCUT2D eigenvalue weighted by Gasteiger charge is -2.31. The molecule has 1 saturated heterocycles. The standard InChI is InChI=1S/C16H23N3O3/c1-2-22-16(21)19-8-6-14(7-9-19)18-11-15(20)12-4-3-5-13(17)10-12/h3-5,10,14,18H,2,6-9,11,17H2,1H3. The van der Waals surface area contributed by atoms with Gasteiger partial charge in [0.1, 0.15) is 0 Å². The Morgan fingerprint density at radius 2 is 2.09 bits per heavy atom. The van der Waals surface area contributed by atoms with Crippen molar-refractivity contribution in [3.05, 3.63) is 29.8 Å². The largest absolute Gasteiger partial charge is 0.450 e. The molecule has 0 radical (unpaired) electrons. The summed E-state index contributed by atoms with van der Waals surface area (Å²) in [6, 6.07) is 7.24. The van der Waals surface area contributed by atoms with Gasteiger partial charge in [0.05, 0.1) is 13.2 Å². The quantitative estimate of drug-likeness (QED) is 0.638. The SMILES string of the molecule is CCOC(=O)N1CCC(NCC(=O)c2cccc(N)c2)CC1. The number of Topliss-reactive ketones (excluding diaryl/α,β-unsaturated/α-hetero) is 1. The zero-order valence-corrected chi connectivity index (χ0v) is 12.9. The van der Waals surface area contributed by atoms with E-state index in [4.69, 9.17) is 10.5 Å². The summed E-state index contributed by atoms with van der Waals surface area (Å²) in [5, 5.41) is 3.26. The summed E-state index contributed by atoms with van der Waals surface area (Å²) in [5.74, 6) is 0.0279. The van der Waals surface area contributed by atoms with Gasteiger partial charge in [-0.25, -0.2) is 4.79 Å². The van der Waals surface area contributed by atoms with Crippen LogP contribution in [-0.4, -0.2) is 49.1 Å². The van der Waals surface area contributed by atoms with Gasteiger partial charge < -0.3 is 20.7 Å². The second kappa shape index (κ2) is 7.79. The average molecular weight is 305 g/mol. The monoisotopic (exact) mass is 305 g/mol. The molecule has 22 heavy (non-hydrogen) atoms. The average Bonchev–Trinajstić information content (AvgIpc) is 2.53. The Bertz CT molecular complexity index is 525. The molecule has 0 bridgehead atoms. The maximum atomic E-state index is 12.1. The van der Waals surface area contributed by atoms with E-state index in [0.717, 1.165) is 12.8 Å². The number of anilines is 1. The predicted molar refractivity (Wildman–Crippen MR) is 84.8 cm³/mol. The van der Waals surface area contributed by atoms with Crippen molar-refractivity contribution in [3.63, 3.8) is 0 Å². The number of ether oxygens (including phenoxy) is 1. The number of nitrogens with two attached hydrogens (primary N) is 1. The van der Waals surface area contributed by atoms with Crippen molar-refractivity contribution < 1.29 is 14.3 Å². The summed E-state index contributed by atoms with van der Waals surface area (Å²) in [6.45, 7) is 3.79. The highest BCUT2D eigenvalue weighted by Gasteiger charge is 2.23. The molecule has 1 aromatic carbocycles. The second-order valence-corrected chi connectivity index (χ2v) is 5.39. The highest BCUT2D eigenvalue weighted by molar-refractivity contribution is 5.98. The van der Waals surface area contributed by atoms with Crippen molar-refractivity contribution in [2.75, 3.05) is 32.0 Å². The number of hydrogen-bond acceptors (Lipinski definition) is 5. The van der Waals surface area contributed by atoms with Crippen LogP contribution in [0, 0.1) is 0 Å². The fraction of sp³-hybridized carbons (Fsp3) is 0.500. The fourth-order valence-electron chi connectivity index (χ4n) is 2.53. The number of nitrogens with one attached hydrogen (secondary N) is 1. The molecule has 1 heterocycles. The third-order valence-electron chi connectivity index (χ3n) is 3.78. The summed E-state index contributed by atoms with van der Waals surface area (Å²) < 4.78 is 4.98. The molecule has 1 amide bonds. The zero-order valence-electron chi connectivity index (χ0n) is 12.9. The van der Waals surface area contributed by atoms with Gasteiger partial charge in [-0.15, -0.1) is 0 Å². The van der Waals surface area contributed by atoms with Gasteiger partial charge in [-0.2, -0.15) is 0 Å². The molecule has 1 aromatic rings. The van der Waals surface area contributed by atoms with Crippen LogP contribution in [0.25, 0.3) is 0 Å². The van der Waals surface area contributed by atoms with E-state index in [9.17, 15) is 9.59 Å². The predicted octanol–water partition coefficient (Wildman–Crippen LogP) is 1.66. The molecule has 0 unspecified atom stereocenters. The van der Waals surface area contributed by atoms with Crippen LogP contribution < -0.4 is 11.1 Å². The van der Waals surface area contributed by atoms with Crippen LogP contribution in [0.2, 0.25) is 0 Å². The van der Waals surface area contributed by atoms with Gasteiger partial charge in [-0.05, 0) is 31.9 Å². The normalized spacial score (nSPS) is 15.6. The number of hydrogen-bond donors (Lipinski definition) is 2. The maximum Gasteiger partial charge on any atom is 0.409 e. The summed E-state index contributed by atoms with van der Waals surface area (Å²) in [4.78, 5) is 25.4. The minimum Gasteiger partial charge on any atom is -0.450 e. The van der Waals surface area contributed by atoms with Crippen molar-refractivity contribution >= 4 is 17.6 Å². The molecule has 3 N–H and O–H groups in total. The van der Waals surface area contributed by atoms with E-state index >= 15 is 0 Å². The second-order valence-electron chi connectivity index (χ2n) is 5.39. The molecule has 0 aliphatic carbocycles. The van der Waals surface area contributed by atoms with Gasteiger partial charge in [-0.1, -0.05) is 12.1 Å². The van der Waals surface area contributed by atoms with Gasteiger partial charge in [0, 0.05) is 30.4 Å². The number of piperidine rings is 1. The Hall–Kier alpha value is -2.08. The smallest absolute Gasteiger partial charge is 0.409 e. The highest BCUT2D eigenvalue weighted by Crippen LogP contribution is 2.12. The van der Waals surface area contributed by atoms with E-state index in [1.165, 1.54) is 0 Å². The zero-order chi connectivity index (χ0) is 15.9. The number of carbonyl (C=O) groups is 2. The number of amides is 1. The van der Waals surface area contributed by atoms with Crippen LogP contribution in [-0.2, 0) is 4.74 Å². The molecule has 0 atom stereocenters. The number of ketones is 1. The molecule has 0 saturated carbocycles. The lowest BCUT2D eigenvalue weighted by atomic mass is 10.0. The Balaban J connectivity index is 1.75. The van der Waals surface area contributed by atoms with Gasteiger partial charge >= 0.3 is 6.09 Å². The number of rotatable bonds is 5. The molecule has 6 nitrogen and oxygen atoms in total. The molecule has 0 aromatic heterocycles.